The van der Waals surface area contributed by atoms with Crippen LogP contribution in [0.1, 0.15) is 25.8 Å². The number of aromatic nitrogens is 2. The van der Waals surface area contributed by atoms with E-state index in [-0.39, 0.29) is 12.1 Å². The zero-order valence-corrected chi connectivity index (χ0v) is 9.93. The van der Waals surface area contributed by atoms with Crippen molar-refractivity contribution in [3.8, 4) is 0 Å². The molecule has 1 saturated heterocycles. The lowest BCUT2D eigenvalue weighted by Gasteiger charge is -2.29. The summed E-state index contributed by atoms with van der Waals surface area (Å²) >= 11 is 0. The first-order valence-electron chi connectivity index (χ1n) is 5.58. The molecule has 2 heterocycles. The molecule has 0 aliphatic carbocycles. The van der Waals surface area contributed by atoms with Crippen LogP contribution in [0.5, 0.6) is 0 Å². The zero-order valence-electron chi connectivity index (χ0n) is 9.93. The first-order valence-corrected chi connectivity index (χ1v) is 5.58. The van der Waals surface area contributed by atoms with Gasteiger partial charge in [0.05, 0.1) is 18.8 Å². The van der Waals surface area contributed by atoms with Gasteiger partial charge in [0.25, 0.3) is 0 Å². The zero-order chi connectivity index (χ0) is 11.5. The lowest BCUT2D eigenvalue weighted by Crippen LogP contribution is -2.41. The lowest BCUT2D eigenvalue weighted by atomic mass is 10.3. The van der Waals surface area contributed by atoms with E-state index in [1.165, 1.54) is 0 Å². The number of nitrogens with zero attached hydrogens (tertiary/aromatic N) is 3. The van der Waals surface area contributed by atoms with E-state index in [0.29, 0.717) is 18.5 Å². The number of anilines is 1. The molecule has 90 valence electrons. The molecule has 1 N–H and O–H groups in total. The number of morpholine rings is 1. The van der Waals surface area contributed by atoms with Crippen molar-refractivity contribution in [1.29, 1.82) is 0 Å². The SMILES string of the molecule is CNC(C)c1nnc(N2CCOC(C)C2)o1. The molecule has 1 aromatic heterocycles. The van der Waals surface area contributed by atoms with Crippen LogP contribution in [-0.4, -0.2) is 43.0 Å². The summed E-state index contributed by atoms with van der Waals surface area (Å²) in [7, 11) is 1.87. The van der Waals surface area contributed by atoms with Crippen LogP contribution in [0, 0.1) is 0 Å². The van der Waals surface area contributed by atoms with Crippen molar-refractivity contribution in [2.45, 2.75) is 26.0 Å². The van der Waals surface area contributed by atoms with Gasteiger partial charge in [-0.05, 0) is 20.9 Å². The van der Waals surface area contributed by atoms with E-state index in [1.807, 2.05) is 20.9 Å². The maximum Gasteiger partial charge on any atom is 0.318 e. The quantitative estimate of drug-likeness (QED) is 0.813. The van der Waals surface area contributed by atoms with E-state index in [4.69, 9.17) is 9.15 Å². The topological polar surface area (TPSA) is 63.4 Å². The van der Waals surface area contributed by atoms with E-state index in [2.05, 4.69) is 20.4 Å². The molecule has 0 radical (unpaired) electrons. The van der Waals surface area contributed by atoms with Crippen LogP contribution in [0.2, 0.25) is 0 Å². The van der Waals surface area contributed by atoms with Crippen LogP contribution in [0.4, 0.5) is 6.01 Å². The Morgan fingerprint density at radius 2 is 2.31 bits per heavy atom. The summed E-state index contributed by atoms with van der Waals surface area (Å²) in [5.41, 5.74) is 0. The summed E-state index contributed by atoms with van der Waals surface area (Å²) in [6.45, 7) is 6.34. The van der Waals surface area contributed by atoms with Gasteiger partial charge in [0.2, 0.25) is 5.89 Å². The van der Waals surface area contributed by atoms with E-state index < -0.39 is 0 Å². The summed E-state index contributed by atoms with van der Waals surface area (Å²) in [5.74, 6) is 0.622. The predicted molar refractivity (Wildman–Crippen MR) is 59.4 cm³/mol. The van der Waals surface area contributed by atoms with E-state index in [9.17, 15) is 0 Å². The van der Waals surface area contributed by atoms with Crippen LogP contribution in [0.3, 0.4) is 0 Å². The smallest absolute Gasteiger partial charge is 0.318 e. The number of nitrogens with one attached hydrogen (secondary N) is 1. The largest absolute Gasteiger partial charge is 0.406 e. The van der Waals surface area contributed by atoms with Crippen molar-refractivity contribution in [3.63, 3.8) is 0 Å². The summed E-state index contributed by atoms with van der Waals surface area (Å²) < 4.78 is 11.1. The van der Waals surface area contributed by atoms with Gasteiger partial charge in [-0.25, -0.2) is 0 Å². The summed E-state index contributed by atoms with van der Waals surface area (Å²) in [6, 6.07) is 0.673. The van der Waals surface area contributed by atoms with Gasteiger partial charge in [-0.1, -0.05) is 5.10 Å². The third-order valence-corrected chi connectivity index (χ3v) is 2.74. The molecule has 16 heavy (non-hydrogen) atoms. The fourth-order valence-electron chi connectivity index (χ4n) is 1.64. The van der Waals surface area contributed by atoms with Gasteiger partial charge in [0.1, 0.15) is 0 Å². The highest BCUT2D eigenvalue weighted by molar-refractivity contribution is 5.25. The monoisotopic (exact) mass is 226 g/mol. The molecule has 0 aromatic carbocycles. The molecule has 2 atom stereocenters. The minimum atomic E-state index is 0.0831. The van der Waals surface area contributed by atoms with Crippen LogP contribution in [0.15, 0.2) is 4.42 Å². The van der Waals surface area contributed by atoms with Crippen molar-refractivity contribution in [3.05, 3.63) is 5.89 Å². The third-order valence-electron chi connectivity index (χ3n) is 2.74. The van der Waals surface area contributed by atoms with E-state index in [0.717, 1.165) is 13.1 Å². The Balaban J connectivity index is 2.06. The molecule has 0 spiro atoms. The number of hydrogen-bond donors (Lipinski definition) is 1. The van der Waals surface area contributed by atoms with E-state index in [1.54, 1.807) is 0 Å². The minimum Gasteiger partial charge on any atom is -0.406 e. The Bertz CT molecular complexity index is 341. The van der Waals surface area contributed by atoms with Gasteiger partial charge < -0.3 is 19.4 Å². The summed E-state index contributed by atoms with van der Waals surface area (Å²) in [4.78, 5) is 2.06. The van der Waals surface area contributed by atoms with Crippen LogP contribution >= 0.6 is 0 Å². The van der Waals surface area contributed by atoms with Crippen LogP contribution < -0.4 is 10.2 Å². The normalized spacial score (nSPS) is 23.4. The van der Waals surface area contributed by atoms with Crippen molar-refractivity contribution in [2.75, 3.05) is 31.6 Å². The van der Waals surface area contributed by atoms with Crippen LogP contribution in [-0.2, 0) is 4.74 Å². The highest BCUT2D eigenvalue weighted by Gasteiger charge is 2.22. The molecular weight excluding hydrogens is 208 g/mol. The summed E-state index contributed by atoms with van der Waals surface area (Å²) in [6.07, 6.45) is 0.214. The standard InChI is InChI=1S/C10H18N4O2/c1-7-6-14(4-5-15-7)10-13-12-9(16-10)8(2)11-3/h7-8,11H,4-6H2,1-3H3. The third kappa shape index (κ3) is 2.33. The molecule has 1 aliphatic heterocycles. The average molecular weight is 226 g/mol. The Labute approximate surface area is 95.0 Å². The maximum atomic E-state index is 5.61. The second-order valence-electron chi connectivity index (χ2n) is 4.06. The minimum absolute atomic E-state index is 0.0831. The predicted octanol–water partition coefficient (Wildman–Crippen LogP) is 0.575. The Morgan fingerprint density at radius 1 is 1.50 bits per heavy atom. The van der Waals surface area contributed by atoms with Gasteiger partial charge >= 0.3 is 6.01 Å². The number of hydrogen-bond acceptors (Lipinski definition) is 6. The average Bonchev–Trinajstić information content (AvgIpc) is 2.77. The van der Waals surface area contributed by atoms with Gasteiger partial charge in [-0.2, -0.15) is 0 Å². The molecule has 6 heteroatoms. The molecule has 1 aromatic rings. The van der Waals surface area contributed by atoms with Gasteiger partial charge in [0.15, 0.2) is 0 Å². The van der Waals surface area contributed by atoms with Gasteiger partial charge in [0, 0.05) is 13.1 Å². The van der Waals surface area contributed by atoms with Crippen molar-refractivity contribution < 1.29 is 9.15 Å². The number of ether oxygens (including phenoxy) is 1. The fraction of sp³-hybridized carbons (Fsp3) is 0.800. The fourth-order valence-corrected chi connectivity index (χ4v) is 1.64. The molecule has 6 nitrogen and oxygen atoms in total. The Morgan fingerprint density at radius 3 is 3.00 bits per heavy atom. The van der Waals surface area contributed by atoms with Crippen molar-refractivity contribution in [1.82, 2.24) is 15.5 Å². The highest BCUT2D eigenvalue weighted by atomic mass is 16.5. The molecule has 0 saturated carbocycles. The van der Waals surface area contributed by atoms with Gasteiger partial charge in [-0.3, -0.25) is 0 Å². The molecule has 0 bridgehead atoms. The second-order valence-corrected chi connectivity index (χ2v) is 4.06. The van der Waals surface area contributed by atoms with Crippen LogP contribution in [0.25, 0.3) is 0 Å². The summed E-state index contributed by atoms with van der Waals surface area (Å²) in [5, 5.41) is 11.1. The molecule has 1 aliphatic rings. The molecule has 0 amide bonds. The van der Waals surface area contributed by atoms with Gasteiger partial charge in [-0.15, -0.1) is 5.10 Å². The molecule has 2 rings (SSSR count). The second kappa shape index (κ2) is 4.80. The molecular formula is C10H18N4O2. The van der Waals surface area contributed by atoms with Crippen molar-refractivity contribution in [2.24, 2.45) is 0 Å². The maximum absolute atomic E-state index is 5.61. The first kappa shape index (κ1) is 11.3. The lowest BCUT2D eigenvalue weighted by molar-refractivity contribution is 0.0512. The Kier molecular flexibility index (Phi) is 3.40. The molecule has 2 unspecified atom stereocenters. The number of rotatable bonds is 3. The highest BCUT2D eigenvalue weighted by Crippen LogP contribution is 2.19. The Hall–Kier alpha value is -1.14. The first-order chi connectivity index (χ1) is 7.70. The van der Waals surface area contributed by atoms with Crippen molar-refractivity contribution >= 4 is 6.01 Å². The van der Waals surface area contributed by atoms with E-state index >= 15 is 0 Å². The molecule has 1 fully saturated rings.